The average molecular weight is 358 g/mol. The van der Waals surface area contributed by atoms with Crippen molar-refractivity contribution in [3.05, 3.63) is 47.8 Å². The van der Waals surface area contributed by atoms with E-state index in [1.807, 2.05) is 19.1 Å². The normalized spacial score (nSPS) is 28.5. The molecule has 1 aromatic rings. The van der Waals surface area contributed by atoms with Crippen LogP contribution in [0.25, 0.3) is 0 Å². The Morgan fingerprint density at radius 3 is 2.65 bits per heavy atom. The molecule has 0 aromatic heterocycles. The summed E-state index contributed by atoms with van der Waals surface area (Å²) in [4.78, 5) is 27.5. The lowest BCUT2D eigenvalue weighted by Gasteiger charge is -2.39. The van der Waals surface area contributed by atoms with Crippen LogP contribution in [-0.4, -0.2) is 35.3 Å². The van der Waals surface area contributed by atoms with Crippen LogP contribution in [0.4, 0.5) is 4.39 Å². The second-order valence-corrected chi connectivity index (χ2v) is 7.78. The first-order valence-corrected chi connectivity index (χ1v) is 9.39. The summed E-state index contributed by atoms with van der Waals surface area (Å²) >= 11 is 0. The van der Waals surface area contributed by atoms with Crippen molar-refractivity contribution in [3.8, 4) is 0 Å². The van der Waals surface area contributed by atoms with Crippen LogP contribution < -0.4 is 5.32 Å². The lowest BCUT2D eigenvalue weighted by atomic mass is 9.97. The van der Waals surface area contributed by atoms with Gasteiger partial charge < -0.3 is 10.2 Å². The standard InChI is InChI=1S/C21H27FN2O2/c1-4-5-16-12-24(19(10-13(2)3)20(25)23-16)21(26)18-11-17(18)14-6-8-15(22)9-7-14/h4-9,13,16-19H,10-12H2,1-3H3,(H,23,25)/t16-,17-,18+,19-/m0/s1. The summed E-state index contributed by atoms with van der Waals surface area (Å²) in [7, 11) is 0. The summed E-state index contributed by atoms with van der Waals surface area (Å²) in [5.41, 5.74) is 0.997. The van der Waals surface area contributed by atoms with Crippen molar-refractivity contribution in [1.82, 2.24) is 10.2 Å². The lowest BCUT2D eigenvalue weighted by Crippen LogP contribution is -2.61. The number of hydrogen-bond acceptors (Lipinski definition) is 2. The first-order valence-electron chi connectivity index (χ1n) is 9.39. The largest absolute Gasteiger partial charge is 0.346 e. The number of amides is 2. The molecular formula is C21H27FN2O2. The zero-order valence-corrected chi connectivity index (χ0v) is 15.6. The van der Waals surface area contributed by atoms with Crippen LogP contribution in [0.2, 0.25) is 0 Å². The smallest absolute Gasteiger partial charge is 0.243 e. The van der Waals surface area contributed by atoms with Gasteiger partial charge in [0.15, 0.2) is 0 Å². The van der Waals surface area contributed by atoms with E-state index in [-0.39, 0.29) is 35.5 Å². The quantitative estimate of drug-likeness (QED) is 0.822. The number of halogens is 1. The van der Waals surface area contributed by atoms with E-state index in [9.17, 15) is 14.0 Å². The fraction of sp³-hybridized carbons (Fsp3) is 0.524. The van der Waals surface area contributed by atoms with Crippen LogP contribution in [0.3, 0.4) is 0 Å². The van der Waals surface area contributed by atoms with Crippen LogP contribution in [0.15, 0.2) is 36.4 Å². The van der Waals surface area contributed by atoms with Gasteiger partial charge >= 0.3 is 0 Å². The van der Waals surface area contributed by atoms with Crippen LogP contribution in [0, 0.1) is 17.7 Å². The van der Waals surface area contributed by atoms with Crippen molar-refractivity contribution in [1.29, 1.82) is 0 Å². The number of rotatable bonds is 5. The van der Waals surface area contributed by atoms with Gasteiger partial charge in [-0.3, -0.25) is 9.59 Å². The molecule has 2 aliphatic rings. The van der Waals surface area contributed by atoms with E-state index in [2.05, 4.69) is 19.2 Å². The molecule has 1 aromatic carbocycles. The molecule has 1 heterocycles. The summed E-state index contributed by atoms with van der Waals surface area (Å²) in [6, 6.07) is 5.84. The highest BCUT2D eigenvalue weighted by atomic mass is 19.1. The fourth-order valence-electron chi connectivity index (χ4n) is 3.83. The van der Waals surface area contributed by atoms with Crippen molar-refractivity contribution < 1.29 is 14.0 Å². The van der Waals surface area contributed by atoms with Gasteiger partial charge in [-0.1, -0.05) is 38.1 Å². The molecule has 26 heavy (non-hydrogen) atoms. The lowest BCUT2D eigenvalue weighted by molar-refractivity contribution is -0.145. The molecular weight excluding hydrogens is 331 g/mol. The SMILES string of the molecule is CC=C[C@H]1CN(C(=O)[C@@H]2C[C@H]2c2ccc(F)cc2)[C@@H](CC(C)C)C(=O)N1. The minimum absolute atomic E-state index is 0.0503. The highest BCUT2D eigenvalue weighted by molar-refractivity contribution is 5.91. The maximum absolute atomic E-state index is 13.1. The Kier molecular flexibility index (Phi) is 5.44. The van der Waals surface area contributed by atoms with Gasteiger partial charge in [0.25, 0.3) is 0 Å². The molecule has 1 aliphatic carbocycles. The molecule has 2 fully saturated rings. The van der Waals surface area contributed by atoms with Gasteiger partial charge in [0.2, 0.25) is 11.8 Å². The maximum atomic E-state index is 13.1. The molecule has 0 unspecified atom stereocenters. The first kappa shape index (κ1) is 18.6. The third kappa shape index (κ3) is 3.97. The topological polar surface area (TPSA) is 49.4 Å². The number of benzene rings is 1. The van der Waals surface area contributed by atoms with Crippen LogP contribution >= 0.6 is 0 Å². The molecule has 1 saturated heterocycles. The highest BCUT2D eigenvalue weighted by Crippen LogP contribution is 2.49. The molecule has 5 heteroatoms. The summed E-state index contributed by atoms with van der Waals surface area (Å²) in [5.74, 6) is 0.0672. The third-order valence-corrected chi connectivity index (χ3v) is 5.21. The second-order valence-electron chi connectivity index (χ2n) is 7.78. The van der Waals surface area contributed by atoms with Crippen molar-refractivity contribution >= 4 is 11.8 Å². The van der Waals surface area contributed by atoms with Gasteiger partial charge in [0, 0.05) is 12.5 Å². The van der Waals surface area contributed by atoms with E-state index in [1.165, 1.54) is 12.1 Å². The Labute approximate surface area is 154 Å². The van der Waals surface area contributed by atoms with Crippen molar-refractivity contribution in [2.24, 2.45) is 11.8 Å². The fourth-order valence-corrected chi connectivity index (χ4v) is 3.83. The zero-order valence-electron chi connectivity index (χ0n) is 15.6. The number of nitrogens with zero attached hydrogens (tertiary/aromatic N) is 1. The molecule has 4 nitrogen and oxygen atoms in total. The molecule has 1 saturated carbocycles. The minimum Gasteiger partial charge on any atom is -0.346 e. The minimum atomic E-state index is -0.404. The highest BCUT2D eigenvalue weighted by Gasteiger charge is 2.49. The Morgan fingerprint density at radius 1 is 1.35 bits per heavy atom. The van der Waals surface area contributed by atoms with E-state index in [0.29, 0.717) is 18.9 Å². The van der Waals surface area contributed by atoms with E-state index in [0.717, 1.165) is 12.0 Å². The van der Waals surface area contributed by atoms with Crippen LogP contribution in [-0.2, 0) is 9.59 Å². The van der Waals surface area contributed by atoms with E-state index in [4.69, 9.17) is 0 Å². The number of carbonyl (C=O) groups is 2. The molecule has 1 N–H and O–H groups in total. The third-order valence-electron chi connectivity index (χ3n) is 5.21. The number of piperazine rings is 1. The predicted octanol–water partition coefficient (Wildman–Crippen LogP) is 3.25. The molecule has 0 radical (unpaired) electrons. The maximum Gasteiger partial charge on any atom is 0.243 e. The number of allylic oxidation sites excluding steroid dienone is 1. The summed E-state index contributed by atoms with van der Waals surface area (Å²) in [6.07, 6.45) is 5.25. The molecule has 140 valence electrons. The van der Waals surface area contributed by atoms with Crippen molar-refractivity contribution in [3.63, 3.8) is 0 Å². The molecule has 3 rings (SSSR count). The second kappa shape index (κ2) is 7.60. The van der Waals surface area contributed by atoms with Gasteiger partial charge in [0.1, 0.15) is 11.9 Å². The Balaban J connectivity index is 1.75. The van der Waals surface area contributed by atoms with E-state index < -0.39 is 6.04 Å². The summed E-state index contributed by atoms with van der Waals surface area (Å²) < 4.78 is 13.1. The predicted molar refractivity (Wildman–Crippen MR) is 98.9 cm³/mol. The van der Waals surface area contributed by atoms with Gasteiger partial charge in [-0.15, -0.1) is 0 Å². The Morgan fingerprint density at radius 2 is 2.04 bits per heavy atom. The zero-order chi connectivity index (χ0) is 18.8. The summed E-state index contributed by atoms with van der Waals surface area (Å²) in [6.45, 7) is 6.54. The number of hydrogen-bond donors (Lipinski definition) is 1. The van der Waals surface area contributed by atoms with Crippen LogP contribution in [0.1, 0.15) is 45.1 Å². The number of nitrogens with one attached hydrogen (secondary N) is 1. The van der Waals surface area contributed by atoms with Gasteiger partial charge in [-0.25, -0.2) is 4.39 Å². The molecule has 0 spiro atoms. The molecule has 0 bridgehead atoms. The number of carbonyl (C=O) groups excluding carboxylic acids is 2. The van der Waals surface area contributed by atoms with Crippen LogP contribution in [0.5, 0.6) is 0 Å². The van der Waals surface area contributed by atoms with Gasteiger partial charge in [-0.05, 0) is 49.3 Å². The monoisotopic (exact) mass is 358 g/mol. The van der Waals surface area contributed by atoms with Crippen molar-refractivity contribution in [2.75, 3.05) is 6.54 Å². The molecule has 1 aliphatic heterocycles. The van der Waals surface area contributed by atoms with Gasteiger partial charge in [0.05, 0.1) is 6.04 Å². The van der Waals surface area contributed by atoms with E-state index >= 15 is 0 Å². The van der Waals surface area contributed by atoms with Crippen molar-refractivity contribution in [2.45, 2.75) is 51.6 Å². The van der Waals surface area contributed by atoms with E-state index in [1.54, 1.807) is 17.0 Å². The first-order chi connectivity index (χ1) is 12.4. The summed E-state index contributed by atoms with van der Waals surface area (Å²) in [5, 5.41) is 3.00. The molecule has 4 atom stereocenters. The van der Waals surface area contributed by atoms with Gasteiger partial charge in [-0.2, -0.15) is 0 Å². The Bertz CT molecular complexity index is 698. The Hall–Kier alpha value is -2.17. The molecule has 2 amide bonds. The average Bonchev–Trinajstić information content (AvgIpc) is 3.38.